The Morgan fingerprint density at radius 2 is 2.13 bits per heavy atom. The van der Waals surface area contributed by atoms with E-state index >= 15 is 0 Å². The van der Waals surface area contributed by atoms with Crippen LogP contribution in [-0.4, -0.2) is 45.8 Å². The van der Waals surface area contributed by atoms with E-state index in [0.717, 1.165) is 35.0 Å². The monoisotopic (exact) mass is 440 g/mol. The zero-order valence-corrected chi connectivity index (χ0v) is 17.9. The Balaban J connectivity index is 1.13. The number of likely N-dealkylation sites (tertiary alicyclic amines) is 1. The molecule has 0 bridgehead atoms. The van der Waals surface area contributed by atoms with Gasteiger partial charge in [-0.1, -0.05) is 0 Å². The number of carbonyl (C=O) groups excluding carboxylic acids is 2. The molecule has 31 heavy (non-hydrogen) atoms. The normalized spacial score (nSPS) is 16.6. The third-order valence-electron chi connectivity index (χ3n) is 6.09. The van der Waals surface area contributed by atoms with Gasteiger partial charge >= 0.3 is 0 Å². The Hall–Kier alpha value is -2.94. The number of hydrogen-bond acceptors (Lipinski definition) is 6. The molecule has 2 aliphatic rings. The number of amides is 2. The van der Waals surface area contributed by atoms with Crippen molar-refractivity contribution in [1.82, 2.24) is 20.2 Å². The van der Waals surface area contributed by atoms with Gasteiger partial charge < -0.3 is 19.6 Å². The summed E-state index contributed by atoms with van der Waals surface area (Å²) in [7, 11) is 0. The molecule has 0 aromatic carbocycles. The van der Waals surface area contributed by atoms with Gasteiger partial charge in [0.2, 0.25) is 5.91 Å². The van der Waals surface area contributed by atoms with E-state index in [0.29, 0.717) is 43.9 Å². The second-order valence-electron chi connectivity index (χ2n) is 8.16. The number of nitrogens with zero attached hydrogens (tertiary/aromatic N) is 2. The van der Waals surface area contributed by atoms with E-state index in [-0.39, 0.29) is 29.8 Å². The lowest BCUT2D eigenvalue weighted by Crippen LogP contribution is -2.46. The van der Waals surface area contributed by atoms with Crippen molar-refractivity contribution in [3.63, 3.8) is 0 Å². The summed E-state index contributed by atoms with van der Waals surface area (Å²) in [6.45, 7) is 1.16. The molecule has 2 N–H and O–H groups in total. The Kier molecular flexibility index (Phi) is 5.35. The van der Waals surface area contributed by atoms with Crippen LogP contribution in [0.25, 0.3) is 10.2 Å². The molecule has 1 saturated heterocycles. The largest absolute Gasteiger partial charge is 0.459 e. The van der Waals surface area contributed by atoms with Crippen molar-refractivity contribution in [3.8, 4) is 0 Å². The van der Waals surface area contributed by atoms with Crippen molar-refractivity contribution in [2.45, 2.75) is 51.0 Å². The minimum absolute atomic E-state index is 0.0444. The first-order chi connectivity index (χ1) is 15.1. The summed E-state index contributed by atoms with van der Waals surface area (Å²) in [5, 5.41) is 3.79. The molecule has 0 unspecified atom stereocenters. The number of hydrogen-bond donors (Lipinski definition) is 2. The van der Waals surface area contributed by atoms with Crippen LogP contribution >= 0.6 is 11.3 Å². The summed E-state index contributed by atoms with van der Waals surface area (Å²) in [6.07, 6.45) is 6.66. The first kappa shape index (κ1) is 20.0. The predicted octanol–water partition coefficient (Wildman–Crippen LogP) is 2.42. The van der Waals surface area contributed by atoms with Gasteiger partial charge in [0.1, 0.15) is 10.7 Å². The van der Waals surface area contributed by atoms with Gasteiger partial charge in [0.15, 0.2) is 5.76 Å². The fraction of sp³-hybridized carbons (Fsp3) is 0.455. The molecule has 9 heteroatoms. The van der Waals surface area contributed by atoms with Crippen molar-refractivity contribution in [2.24, 2.45) is 0 Å². The second-order valence-corrected chi connectivity index (χ2v) is 9.25. The van der Waals surface area contributed by atoms with Crippen molar-refractivity contribution in [1.29, 1.82) is 0 Å². The molecule has 1 aliphatic carbocycles. The van der Waals surface area contributed by atoms with Crippen molar-refractivity contribution in [3.05, 3.63) is 50.8 Å². The van der Waals surface area contributed by atoms with Gasteiger partial charge in [0.05, 0.1) is 11.6 Å². The maximum atomic E-state index is 12.5. The Labute approximate surface area is 182 Å². The number of piperidine rings is 1. The molecule has 8 nitrogen and oxygen atoms in total. The summed E-state index contributed by atoms with van der Waals surface area (Å²) in [5.74, 6) is 0.732. The number of rotatable bonds is 5. The minimum atomic E-state index is -0.111. The standard InChI is InChI=1S/C22H24N4O4S/c27-18(23-13-8-10-26(11-9-13)22(29)15-4-2-12-30-15)7-6-17-24-20(28)19-14-3-1-5-16(14)31-21(19)25-17/h2,4,12-13H,1,3,5-11H2,(H,23,27)(H,24,25,28). The summed E-state index contributed by atoms with van der Waals surface area (Å²) < 4.78 is 5.18. The molecule has 3 aromatic heterocycles. The lowest BCUT2D eigenvalue weighted by molar-refractivity contribution is -0.122. The van der Waals surface area contributed by atoms with Gasteiger partial charge in [-0.15, -0.1) is 11.3 Å². The van der Waals surface area contributed by atoms with E-state index in [1.165, 1.54) is 11.1 Å². The highest BCUT2D eigenvalue weighted by Crippen LogP contribution is 2.34. The summed E-state index contributed by atoms with van der Waals surface area (Å²) in [6, 6.07) is 3.41. The molecule has 0 radical (unpaired) electrons. The van der Waals surface area contributed by atoms with Crippen LogP contribution in [0, 0.1) is 0 Å². The van der Waals surface area contributed by atoms with E-state index in [9.17, 15) is 14.4 Å². The molecule has 1 aliphatic heterocycles. The average molecular weight is 441 g/mol. The van der Waals surface area contributed by atoms with Crippen LogP contribution in [-0.2, 0) is 24.1 Å². The molecule has 3 aromatic rings. The lowest BCUT2D eigenvalue weighted by atomic mass is 10.0. The van der Waals surface area contributed by atoms with Crippen molar-refractivity contribution < 1.29 is 14.0 Å². The molecule has 0 spiro atoms. The number of nitrogens with one attached hydrogen (secondary N) is 2. The molecule has 5 rings (SSSR count). The number of aromatic amines is 1. The summed E-state index contributed by atoms with van der Waals surface area (Å²) in [5.41, 5.74) is 1.07. The second kappa shape index (κ2) is 8.30. The van der Waals surface area contributed by atoms with Crippen LogP contribution in [0.3, 0.4) is 0 Å². The zero-order chi connectivity index (χ0) is 21.4. The van der Waals surface area contributed by atoms with Crippen LogP contribution in [0.15, 0.2) is 27.6 Å². The molecule has 0 saturated carbocycles. The van der Waals surface area contributed by atoms with Gasteiger partial charge in [0.25, 0.3) is 11.5 Å². The fourth-order valence-electron chi connectivity index (χ4n) is 4.48. The Morgan fingerprint density at radius 3 is 2.90 bits per heavy atom. The Bertz CT molecular complexity index is 1170. The SMILES string of the molecule is O=C(CCc1nc2sc3c(c2c(=O)[nH]1)CCC3)NC1CCN(C(=O)c2ccco2)CC1. The number of H-pyrrole nitrogens is 1. The van der Waals surface area contributed by atoms with E-state index in [1.54, 1.807) is 28.4 Å². The van der Waals surface area contributed by atoms with Gasteiger partial charge in [0, 0.05) is 36.9 Å². The van der Waals surface area contributed by atoms with Gasteiger partial charge in [-0.3, -0.25) is 14.4 Å². The van der Waals surface area contributed by atoms with E-state index < -0.39 is 0 Å². The first-order valence-electron chi connectivity index (χ1n) is 10.7. The predicted molar refractivity (Wildman–Crippen MR) is 116 cm³/mol. The van der Waals surface area contributed by atoms with E-state index in [4.69, 9.17) is 4.42 Å². The first-order valence-corrected chi connectivity index (χ1v) is 11.6. The van der Waals surface area contributed by atoms with Crippen LogP contribution in [0.2, 0.25) is 0 Å². The molecule has 2 amide bonds. The molecule has 4 heterocycles. The van der Waals surface area contributed by atoms with Gasteiger partial charge in [-0.05, 0) is 49.8 Å². The Morgan fingerprint density at radius 1 is 1.29 bits per heavy atom. The van der Waals surface area contributed by atoms with E-state index in [2.05, 4.69) is 15.3 Å². The van der Waals surface area contributed by atoms with E-state index in [1.807, 2.05) is 0 Å². The number of aryl methyl sites for hydroxylation is 3. The third-order valence-corrected chi connectivity index (χ3v) is 7.28. The van der Waals surface area contributed by atoms with Gasteiger partial charge in [-0.2, -0.15) is 0 Å². The minimum Gasteiger partial charge on any atom is -0.459 e. The summed E-state index contributed by atoms with van der Waals surface area (Å²) >= 11 is 1.61. The number of fused-ring (bicyclic) bond motifs is 3. The maximum absolute atomic E-state index is 12.5. The smallest absolute Gasteiger partial charge is 0.289 e. The molecular weight excluding hydrogens is 416 g/mol. The highest BCUT2D eigenvalue weighted by Gasteiger charge is 2.26. The van der Waals surface area contributed by atoms with Crippen LogP contribution in [0.1, 0.15) is 52.5 Å². The number of thiophene rings is 1. The highest BCUT2D eigenvalue weighted by atomic mass is 32.1. The zero-order valence-electron chi connectivity index (χ0n) is 17.1. The topological polar surface area (TPSA) is 108 Å². The highest BCUT2D eigenvalue weighted by molar-refractivity contribution is 7.18. The fourth-order valence-corrected chi connectivity index (χ4v) is 5.76. The average Bonchev–Trinajstić information content (AvgIpc) is 3.49. The summed E-state index contributed by atoms with van der Waals surface area (Å²) in [4.78, 5) is 48.6. The number of carbonyl (C=O) groups is 2. The molecule has 0 atom stereocenters. The number of furan rings is 1. The van der Waals surface area contributed by atoms with Crippen molar-refractivity contribution in [2.75, 3.05) is 13.1 Å². The number of aromatic nitrogens is 2. The van der Waals surface area contributed by atoms with Gasteiger partial charge in [-0.25, -0.2) is 4.98 Å². The van der Waals surface area contributed by atoms with Crippen LogP contribution in [0.5, 0.6) is 0 Å². The molecule has 162 valence electrons. The quantitative estimate of drug-likeness (QED) is 0.633. The molecule has 1 fully saturated rings. The van der Waals surface area contributed by atoms with Crippen LogP contribution < -0.4 is 10.9 Å². The lowest BCUT2D eigenvalue weighted by Gasteiger charge is -2.31. The molecular formula is C22H24N4O4S. The van der Waals surface area contributed by atoms with Crippen LogP contribution in [0.4, 0.5) is 0 Å². The maximum Gasteiger partial charge on any atom is 0.289 e. The van der Waals surface area contributed by atoms with Crippen molar-refractivity contribution >= 4 is 33.4 Å². The third kappa shape index (κ3) is 4.01.